The molecule has 1 aromatic carbocycles. The Balaban J connectivity index is 1.58. The van der Waals surface area contributed by atoms with Crippen molar-refractivity contribution < 1.29 is 0 Å². The summed E-state index contributed by atoms with van der Waals surface area (Å²) in [6, 6.07) is 10.9. The van der Waals surface area contributed by atoms with E-state index < -0.39 is 0 Å². The van der Waals surface area contributed by atoms with E-state index in [1.165, 1.54) is 50.8 Å². The van der Waals surface area contributed by atoms with E-state index in [0.717, 1.165) is 19.0 Å². The van der Waals surface area contributed by atoms with Crippen molar-refractivity contribution in [2.75, 3.05) is 19.6 Å². The van der Waals surface area contributed by atoms with Gasteiger partial charge in [-0.1, -0.05) is 36.8 Å². The summed E-state index contributed by atoms with van der Waals surface area (Å²) in [5.74, 6) is 0.798. The van der Waals surface area contributed by atoms with E-state index in [0.29, 0.717) is 5.41 Å². The number of hydrogen-bond acceptors (Lipinski definition) is 2. The summed E-state index contributed by atoms with van der Waals surface area (Å²) in [6.45, 7) is 4.53. The maximum atomic E-state index is 5.98. The molecule has 2 N–H and O–H groups in total. The Hall–Kier alpha value is -0.860. The molecule has 1 unspecified atom stereocenters. The second kappa shape index (κ2) is 5.64. The molecule has 0 amide bonds. The second-order valence-corrected chi connectivity index (χ2v) is 6.45. The molecule has 2 nitrogen and oxygen atoms in total. The summed E-state index contributed by atoms with van der Waals surface area (Å²) in [5.41, 5.74) is 8.03. The van der Waals surface area contributed by atoms with E-state index in [-0.39, 0.29) is 0 Å². The van der Waals surface area contributed by atoms with Crippen LogP contribution in [-0.2, 0) is 6.54 Å². The summed E-state index contributed by atoms with van der Waals surface area (Å²) >= 11 is 0. The molecule has 104 valence electrons. The number of piperidine rings is 1. The summed E-state index contributed by atoms with van der Waals surface area (Å²) in [5, 5.41) is 0. The molecule has 1 heterocycles. The molecular weight excluding hydrogens is 232 g/mol. The lowest BCUT2D eigenvalue weighted by Gasteiger charge is -2.43. The zero-order chi connectivity index (χ0) is 13.1. The van der Waals surface area contributed by atoms with Gasteiger partial charge in [-0.05, 0) is 62.2 Å². The summed E-state index contributed by atoms with van der Waals surface area (Å²) in [4.78, 5) is 2.62. The van der Waals surface area contributed by atoms with Gasteiger partial charge in [-0.3, -0.25) is 4.90 Å². The van der Waals surface area contributed by atoms with Gasteiger partial charge in [0.05, 0.1) is 0 Å². The molecule has 1 saturated heterocycles. The number of likely N-dealkylation sites (tertiary alicyclic amines) is 1. The molecule has 2 aliphatic rings. The van der Waals surface area contributed by atoms with Crippen LogP contribution in [0.2, 0.25) is 0 Å². The number of nitrogens with zero attached hydrogens (tertiary/aromatic N) is 1. The molecule has 19 heavy (non-hydrogen) atoms. The van der Waals surface area contributed by atoms with E-state index in [1.54, 1.807) is 0 Å². The topological polar surface area (TPSA) is 29.3 Å². The number of benzene rings is 1. The first kappa shape index (κ1) is 13.1. The first-order valence-electron chi connectivity index (χ1n) is 7.79. The summed E-state index contributed by atoms with van der Waals surface area (Å²) in [6.07, 6.45) is 6.92. The van der Waals surface area contributed by atoms with Gasteiger partial charge < -0.3 is 5.73 Å². The molecular formula is C17H26N2. The average Bonchev–Trinajstić information content (AvgIpc) is 2.85. The van der Waals surface area contributed by atoms with Crippen LogP contribution in [0.3, 0.4) is 0 Å². The van der Waals surface area contributed by atoms with Crippen molar-refractivity contribution in [3.63, 3.8) is 0 Å². The SMILES string of the molecule is NCC1CCCC12CCN(Cc1ccccc1)CC2. The van der Waals surface area contributed by atoms with Crippen LogP contribution in [0.15, 0.2) is 30.3 Å². The number of nitrogens with two attached hydrogens (primary N) is 1. The van der Waals surface area contributed by atoms with Gasteiger partial charge in [-0.15, -0.1) is 0 Å². The van der Waals surface area contributed by atoms with Gasteiger partial charge in [0.2, 0.25) is 0 Å². The smallest absolute Gasteiger partial charge is 0.0233 e. The fourth-order valence-electron chi connectivity index (χ4n) is 4.24. The second-order valence-electron chi connectivity index (χ2n) is 6.45. The fraction of sp³-hybridized carbons (Fsp3) is 0.647. The lowest BCUT2D eigenvalue weighted by atomic mass is 9.70. The Kier molecular flexibility index (Phi) is 3.90. The van der Waals surface area contributed by atoms with Crippen molar-refractivity contribution in [3.8, 4) is 0 Å². The van der Waals surface area contributed by atoms with E-state index in [2.05, 4.69) is 35.2 Å². The van der Waals surface area contributed by atoms with Gasteiger partial charge in [0.1, 0.15) is 0 Å². The van der Waals surface area contributed by atoms with Gasteiger partial charge >= 0.3 is 0 Å². The molecule has 0 radical (unpaired) electrons. The highest BCUT2D eigenvalue weighted by molar-refractivity contribution is 5.14. The van der Waals surface area contributed by atoms with Crippen LogP contribution < -0.4 is 5.73 Å². The van der Waals surface area contributed by atoms with Gasteiger partial charge in [0.15, 0.2) is 0 Å². The van der Waals surface area contributed by atoms with Crippen LogP contribution >= 0.6 is 0 Å². The summed E-state index contributed by atoms with van der Waals surface area (Å²) < 4.78 is 0. The fourth-order valence-corrected chi connectivity index (χ4v) is 4.24. The van der Waals surface area contributed by atoms with E-state index in [4.69, 9.17) is 5.73 Å². The van der Waals surface area contributed by atoms with Gasteiger partial charge in [0, 0.05) is 6.54 Å². The lowest BCUT2D eigenvalue weighted by molar-refractivity contribution is 0.0674. The van der Waals surface area contributed by atoms with Crippen LogP contribution in [-0.4, -0.2) is 24.5 Å². The lowest BCUT2D eigenvalue weighted by Crippen LogP contribution is -2.43. The third kappa shape index (κ3) is 2.70. The first-order chi connectivity index (χ1) is 9.32. The highest BCUT2D eigenvalue weighted by Gasteiger charge is 2.43. The molecule has 0 bridgehead atoms. The third-order valence-electron chi connectivity index (χ3n) is 5.48. The Bertz CT molecular complexity index is 393. The predicted octanol–water partition coefficient (Wildman–Crippen LogP) is 3.03. The molecule has 2 fully saturated rings. The van der Waals surface area contributed by atoms with Gasteiger partial charge in [-0.25, -0.2) is 0 Å². The first-order valence-corrected chi connectivity index (χ1v) is 7.79. The molecule has 0 aromatic heterocycles. The van der Waals surface area contributed by atoms with Crippen LogP contribution in [0.25, 0.3) is 0 Å². The molecule has 1 saturated carbocycles. The van der Waals surface area contributed by atoms with Crippen LogP contribution in [0.5, 0.6) is 0 Å². The number of hydrogen-bond donors (Lipinski definition) is 1. The van der Waals surface area contributed by atoms with E-state index >= 15 is 0 Å². The maximum absolute atomic E-state index is 5.98. The minimum Gasteiger partial charge on any atom is -0.330 e. The maximum Gasteiger partial charge on any atom is 0.0233 e. The zero-order valence-corrected chi connectivity index (χ0v) is 11.9. The van der Waals surface area contributed by atoms with Gasteiger partial charge in [0.25, 0.3) is 0 Å². The molecule has 1 spiro atoms. The van der Waals surface area contributed by atoms with Crippen molar-refractivity contribution in [1.29, 1.82) is 0 Å². The van der Waals surface area contributed by atoms with Crippen molar-refractivity contribution in [2.45, 2.75) is 38.6 Å². The van der Waals surface area contributed by atoms with Crippen molar-refractivity contribution in [2.24, 2.45) is 17.1 Å². The van der Waals surface area contributed by atoms with Crippen LogP contribution in [0.4, 0.5) is 0 Å². The zero-order valence-electron chi connectivity index (χ0n) is 11.9. The Morgan fingerprint density at radius 3 is 2.53 bits per heavy atom. The van der Waals surface area contributed by atoms with Crippen LogP contribution in [0, 0.1) is 11.3 Å². The van der Waals surface area contributed by atoms with Crippen LogP contribution in [0.1, 0.15) is 37.7 Å². The molecule has 1 atom stereocenters. The van der Waals surface area contributed by atoms with Gasteiger partial charge in [-0.2, -0.15) is 0 Å². The largest absolute Gasteiger partial charge is 0.330 e. The Morgan fingerprint density at radius 2 is 1.84 bits per heavy atom. The molecule has 3 rings (SSSR count). The normalized spacial score (nSPS) is 26.9. The minimum atomic E-state index is 0.599. The highest BCUT2D eigenvalue weighted by Crippen LogP contribution is 2.50. The molecule has 1 aromatic rings. The quantitative estimate of drug-likeness (QED) is 0.903. The molecule has 2 heteroatoms. The molecule has 1 aliphatic carbocycles. The van der Waals surface area contributed by atoms with Crippen molar-refractivity contribution in [3.05, 3.63) is 35.9 Å². The minimum absolute atomic E-state index is 0.599. The van der Waals surface area contributed by atoms with Crippen molar-refractivity contribution in [1.82, 2.24) is 4.90 Å². The third-order valence-corrected chi connectivity index (χ3v) is 5.48. The monoisotopic (exact) mass is 258 g/mol. The van der Waals surface area contributed by atoms with E-state index in [1.807, 2.05) is 0 Å². The number of rotatable bonds is 3. The van der Waals surface area contributed by atoms with E-state index in [9.17, 15) is 0 Å². The van der Waals surface area contributed by atoms with Crippen molar-refractivity contribution >= 4 is 0 Å². The highest BCUT2D eigenvalue weighted by atomic mass is 15.1. The molecule has 1 aliphatic heterocycles. The predicted molar refractivity (Wildman–Crippen MR) is 79.8 cm³/mol. The Labute approximate surface area is 117 Å². The summed E-state index contributed by atoms with van der Waals surface area (Å²) in [7, 11) is 0. The average molecular weight is 258 g/mol. The standard InChI is InChI=1S/C17H26N2/c18-13-16-7-4-8-17(16)9-11-19(12-10-17)14-15-5-2-1-3-6-15/h1-3,5-6,16H,4,7-14,18H2. The Morgan fingerprint density at radius 1 is 1.11 bits per heavy atom.